The molecule has 230 valence electrons. The topological polar surface area (TPSA) is 85.2 Å². The van der Waals surface area contributed by atoms with E-state index in [-0.39, 0.29) is 18.2 Å². The van der Waals surface area contributed by atoms with Crippen molar-refractivity contribution in [2.45, 2.75) is 167 Å². The molecule has 1 heterocycles. The van der Waals surface area contributed by atoms with Crippen LogP contribution in [0.1, 0.15) is 149 Å². The van der Waals surface area contributed by atoms with Crippen molar-refractivity contribution in [3.63, 3.8) is 0 Å². The molecule has 0 aliphatic carbocycles. The Hall–Kier alpha value is -0.950. The Morgan fingerprint density at radius 1 is 0.692 bits per heavy atom. The zero-order chi connectivity index (χ0) is 28.4. The van der Waals surface area contributed by atoms with Gasteiger partial charge in [-0.05, 0) is 38.7 Å². The molecule has 1 rings (SSSR count). The summed E-state index contributed by atoms with van der Waals surface area (Å²) in [6, 6.07) is 0. The van der Waals surface area contributed by atoms with E-state index >= 15 is 0 Å². The maximum absolute atomic E-state index is 11.6. The highest BCUT2D eigenvalue weighted by atomic mass is 16.5. The smallest absolute Gasteiger partial charge is 0.334 e. The minimum absolute atomic E-state index is 0.0467. The zero-order valence-corrected chi connectivity index (χ0v) is 25.5. The molecule has 39 heavy (non-hydrogen) atoms. The van der Waals surface area contributed by atoms with E-state index in [1.54, 1.807) is 0 Å². The molecule has 1 aliphatic heterocycles. The summed E-state index contributed by atoms with van der Waals surface area (Å²) in [6.07, 6.45) is 25.9. The number of rotatable bonds is 29. The van der Waals surface area contributed by atoms with E-state index in [1.807, 2.05) is 13.0 Å². The number of hydrogen-bond acceptors (Lipinski definition) is 6. The third-order valence-corrected chi connectivity index (χ3v) is 7.61. The molecule has 0 amide bonds. The van der Waals surface area contributed by atoms with Crippen LogP contribution in [0.15, 0.2) is 11.6 Å². The van der Waals surface area contributed by atoms with Crippen molar-refractivity contribution in [2.24, 2.45) is 0 Å². The molecule has 1 aliphatic rings. The molecular formula is C33H62O6. The van der Waals surface area contributed by atoms with Crippen molar-refractivity contribution >= 4 is 5.97 Å². The molecule has 6 nitrogen and oxygen atoms in total. The van der Waals surface area contributed by atoms with Crippen molar-refractivity contribution in [1.82, 2.24) is 0 Å². The Balaban J connectivity index is 1.76. The van der Waals surface area contributed by atoms with Crippen LogP contribution in [0.2, 0.25) is 0 Å². The summed E-state index contributed by atoms with van der Waals surface area (Å²) in [7, 11) is 0. The van der Waals surface area contributed by atoms with Gasteiger partial charge in [0.1, 0.15) is 6.10 Å². The van der Waals surface area contributed by atoms with Gasteiger partial charge in [0.25, 0.3) is 0 Å². The first-order chi connectivity index (χ1) is 19.0. The summed E-state index contributed by atoms with van der Waals surface area (Å²) in [6.45, 7) is 5.82. The van der Waals surface area contributed by atoms with Gasteiger partial charge in [-0.15, -0.1) is 0 Å². The summed E-state index contributed by atoms with van der Waals surface area (Å²) in [5.41, 5.74) is 0.865. The average molecular weight is 555 g/mol. The van der Waals surface area contributed by atoms with Crippen LogP contribution in [0.25, 0.3) is 0 Å². The summed E-state index contributed by atoms with van der Waals surface area (Å²) in [5, 5.41) is 20.1. The molecule has 0 fully saturated rings. The van der Waals surface area contributed by atoms with Gasteiger partial charge in [-0.1, -0.05) is 116 Å². The van der Waals surface area contributed by atoms with Crippen LogP contribution in [0.5, 0.6) is 0 Å². The third-order valence-electron chi connectivity index (χ3n) is 7.61. The van der Waals surface area contributed by atoms with Gasteiger partial charge >= 0.3 is 5.97 Å². The molecule has 0 bridgehead atoms. The van der Waals surface area contributed by atoms with Crippen LogP contribution in [-0.4, -0.2) is 60.9 Å². The van der Waals surface area contributed by atoms with E-state index in [0.717, 1.165) is 44.1 Å². The van der Waals surface area contributed by atoms with Gasteiger partial charge in [-0.2, -0.15) is 0 Å². The van der Waals surface area contributed by atoms with Crippen LogP contribution < -0.4 is 0 Å². The van der Waals surface area contributed by atoms with E-state index < -0.39 is 6.10 Å². The zero-order valence-electron chi connectivity index (χ0n) is 25.5. The van der Waals surface area contributed by atoms with Gasteiger partial charge in [-0.25, -0.2) is 4.79 Å². The SMILES string of the molecule is CCCCCCCCCCC(O)COCCOCC(O)CCCCCCCCCCCCC1=C[C@H](C)OC1=O. The van der Waals surface area contributed by atoms with Gasteiger partial charge in [0.15, 0.2) is 0 Å². The van der Waals surface area contributed by atoms with Crippen LogP contribution in [-0.2, 0) is 19.0 Å². The lowest BCUT2D eigenvalue weighted by atomic mass is 10.0. The number of cyclic esters (lactones) is 1. The minimum atomic E-state index is -0.400. The molecular weight excluding hydrogens is 492 g/mol. The van der Waals surface area contributed by atoms with Crippen LogP contribution >= 0.6 is 0 Å². The molecule has 2 unspecified atom stereocenters. The van der Waals surface area contributed by atoms with Crippen LogP contribution in [0, 0.1) is 0 Å². The molecule has 0 saturated carbocycles. The van der Waals surface area contributed by atoms with Crippen LogP contribution in [0.4, 0.5) is 0 Å². The quantitative estimate of drug-likeness (QED) is 0.0724. The molecule has 0 radical (unpaired) electrons. The molecule has 0 aromatic carbocycles. The molecule has 0 aromatic heterocycles. The molecule has 2 N–H and O–H groups in total. The van der Waals surface area contributed by atoms with Crippen molar-refractivity contribution < 1.29 is 29.2 Å². The largest absolute Gasteiger partial charge is 0.455 e. The third kappa shape index (κ3) is 22.4. The van der Waals surface area contributed by atoms with Gasteiger partial charge < -0.3 is 24.4 Å². The Kier molecular flexibility index (Phi) is 24.0. The van der Waals surface area contributed by atoms with Gasteiger partial charge in [0, 0.05) is 5.57 Å². The lowest BCUT2D eigenvalue weighted by molar-refractivity contribution is -0.139. The number of aliphatic hydroxyl groups excluding tert-OH is 2. The fourth-order valence-corrected chi connectivity index (χ4v) is 5.16. The van der Waals surface area contributed by atoms with E-state index in [0.29, 0.717) is 26.4 Å². The molecule has 0 aromatic rings. The summed E-state index contributed by atoms with van der Waals surface area (Å²) in [4.78, 5) is 11.6. The van der Waals surface area contributed by atoms with E-state index in [2.05, 4.69) is 6.92 Å². The average Bonchev–Trinajstić information content (AvgIpc) is 3.24. The van der Waals surface area contributed by atoms with Crippen molar-refractivity contribution in [3.8, 4) is 0 Å². The van der Waals surface area contributed by atoms with E-state index in [1.165, 1.54) is 96.3 Å². The van der Waals surface area contributed by atoms with E-state index in [9.17, 15) is 15.0 Å². The number of aliphatic hydroxyl groups is 2. The number of carbonyl (C=O) groups excluding carboxylic acids is 1. The predicted molar refractivity (Wildman–Crippen MR) is 160 cm³/mol. The second kappa shape index (κ2) is 26.0. The maximum Gasteiger partial charge on any atom is 0.334 e. The number of esters is 1. The van der Waals surface area contributed by atoms with Gasteiger partial charge in [-0.3, -0.25) is 0 Å². The van der Waals surface area contributed by atoms with Gasteiger partial charge in [0.2, 0.25) is 0 Å². The molecule has 0 spiro atoms. The predicted octanol–water partition coefficient (Wildman–Crippen LogP) is 7.83. The second-order valence-corrected chi connectivity index (χ2v) is 11.6. The first kappa shape index (κ1) is 36.1. The van der Waals surface area contributed by atoms with Crippen molar-refractivity contribution in [3.05, 3.63) is 11.6 Å². The first-order valence-electron chi connectivity index (χ1n) is 16.5. The fourth-order valence-electron chi connectivity index (χ4n) is 5.16. The van der Waals surface area contributed by atoms with Crippen molar-refractivity contribution in [1.29, 1.82) is 0 Å². The van der Waals surface area contributed by atoms with Gasteiger partial charge in [0.05, 0.1) is 38.6 Å². The Morgan fingerprint density at radius 2 is 1.10 bits per heavy atom. The summed E-state index contributed by atoms with van der Waals surface area (Å²) < 4.78 is 16.2. The fraction of sp³-hybridized carbons (Fsp3) is 0.909. The monoisotopic (exact) mass is 554 g/mol. The van der Waals surface area contributed by atoms with Crippen LogP contribution in [0.3, 0.4) is 0 Å². The second-order valence-electron chi connectivity index (χ2n) is 11.6. The number of unbranched alkanes of at least 4 members (excludes halogenated alkanes) is 16. The normalized spacial score (nSPS) is 16.9. The first-order valence-corrected chi connectivity index (χ1v) is 16.5. The molecule has 0 saturated heterocycles. The highest BCUT2D eigenvalue weighted by Gasteiger charge is 2.21. The summed E-state index contributed by atoms with van der Waals surface area (Å²) in [5.74, 6) is -0.122. The maximum atomic E-state index is 11.6. The van der Waals surface area contributed by atoms with Crippen molar-refractivity contribution in [2.75, 3.05) is 26.4 Å². The number of ether oxygens (including phenoxy) is 3. The summed E-state index contributed by atoms with van der Waals surface area (Å²) >= 11 is 0. The lowest BCUT2D eigenvalue weighted by Crippen LogP contribution is -2.20. The number of hydrogen-bond donors (Lipinski definition) is 2. The minimum Gasteiger partial charge on any atom is -0.455 e. The Morgan fingerprint density at radius 3 is 1.51 bits per heavy atom. The lowest BCUT2D eigenvalue weighted by Gasteiger charge is -2.13. The Bertz CT molecular complexity index is 593. The standard InChI is InChI=1S/C33H62O6/c1-3-4-5-6-7-13-16-19-22-31(34)27-37-24-25-38-28-32(35)23-20-17-14-11-9-8-10-12-15-18-21-30-26-29(2)39-33(30)36/h26,29,31-32,34-35H,3-25,27-28H2,1-2H3/t29-,31?,32?/m0/s1. The highest BCUT2D eigenvalue weighted by Crippen LogP contribution is 2.20. The van der Waals surface area contributed by atoms with E-state index in [4.69, 9.17) is 14.2 Å². The number of carbonyl (C=O) groups is 1. The highest BCUT2D eigenvalue weighted by molar-refractivity contribution is 5.90. The molecule has 3 atom stereocenters. The molecule has 6 heteroatoms. The Labute approximate surface area is 240 Å².